The lowest BCUT2D eigenvalue weighted by atomic mass is 10.1. The Morgan fingerprint density at radius 3 is 2.32 bits per heavy atom. The summed E-state index contributed by atoms with van der Waals surface area (Å²) < 4.78 is 14.3. The second-order valence-electron chi connectivity index (χ2n) is 9.99. The number of carbonyl (C=O) groups is 2. The summed E-state index contributed by atoms with van der Waals surface area (Å²) in [5, 5.41) is 5.78. The van der Waals surface area contributed by atoms with Crippen LogP contribution in [-0.2, 0) is 0 Å². The summed E-state index contributed by atoms with van der Waals surface area (Å²) in [4.78, 5) is 27.7. The number of rotatable bonds is 10. The third kappa shape index (κ3) is 9.00. The van der Waals surface area contributed by atoms with Crippen LogP contribution in [0.15, 0.2) is 71.6 Å². The molecule has 38 heavy (non-hydrogen) atoms. The van der Waals surface area contributed by atoms with E-state index in [1.165, 1.54) is 0 Å². The average molecular weight is 537 g/mol. The monoisotopic (exact) mass is 536 g/mol. The maximum atomic E-state index is 12.7. The first kappa shape index (κ1) is 28.9. The number of benzene rings is 3. The van der Waals surface area contributed by atoms with Crippen molar-refractivity contribution in [3.63, 3.8) is 0 Å². The third-order valence-corrected chi connectivity index (χ3v) is 6.10. The second kappa shape index (κ2) is 13.2. The molecule has 0 atom stereocenters. The summed E-state index contributed by atoms with van der Waals surface area (Å²) in [5.41, 5.74) is 2.10. The maximum Gasteiger partial charge on any atom is 0.325 e. The molecular formula is C29H36N4O4S. The predicted molar refractivity (Wildman–Crippen MR) is 153 cm³/mol. The first-order valence-electron chi connectivity index (χ1n) is 12.3. The summed E-state index contributed by atoms with van der Waals surface area (Å²) in [7, 11) is 5.54. The van der Waals surface area contributed by atoms with Gasteiger partial charge in [0, 0.05) is 24.2 Å². The average Bonchev–Trinajstić information content (AvgIpc) is 2.87. The van der Waals surface area contributed by atoms with Gasteiger partial charge in [-0.3, -0.25) is 9.52 Å². The van der Waals surface area contributed by atoms with Gasteiger partial charge in [-0.25, -0.2) is 4.79 Å². The lowest BCUT2D eigenvalue weighted by molar-refractivity contribution is 0.0950. The van der Waals surface area contributed by atoms with Crippen LogP contribution < -0.4 is 24.8 Å². The quantitative estimate of drug-likeness (QED) is 0.294. The van der Waals surface area contributed by atoms with Crippen molar-refractivity contribution in [2.45, 2.75) is 31.2 Å². The SMILES string of the molecule is COc1ccc(-c2cccc(Oc3ccc(C(=O)NCCN(C)C)cc3SNC(=O)NC(C)(C)C)c2)cc1. The first-order chi connectivity index (χ1) is 18.0. The van der Waals surface area contributed by atoms with E-state index in [9.17, 15) is 9.59 Å². The van der Waals surface area contributed by atoms with Gasteiger partial charge in [0.05, 0.1) is 12.0 Å². The molecule has 0 saturated heterocycles. The Morgan fingerprint density at radius 2 is 1.66 bits per heavy atom. The molecule has 0 saturated carbocycles. The van der Waals surface area contributed by atoms with Crippen molar-refractivity contribution < 1.29 is 19.1 Å². The molecule has 0 heterocycles. The molecule has 0 aromatic heterocycles. The molecule has 0 spiro atoms. The van der Waals surface area contributed by atoms with E-state index in [2.05, 4.69) is 15.4 Å². The fraction of sp³-hybridized carbons (Fsp3) is 0.310. The number of hydrogen-bond donors (Lipinski definition) is 3. The molecule has 0 aliphatic carbocycles. The first-order valence-corrected chi connectivity index (χ1v) is 13.1. The minimum absolute atomic E-state index is 0.194. The zero-order chi connectivity index (χ0) is 27.7. The third-order valence-electron chi connectivity index (χ3n) is 5.28. The van der Waals surface area contributed by atoms with Crippen LogP contribution in [-0.4, -0.2) is 56.7 Å². The Hall–Kier alpha value is -3.69. The van der Waals surface area contributed by atoms with Crippen LogP contribution in [0.3, 0.4) is 0 Å². The maximum absolute atomic E-state index is 12.7. The normalized spacial score (nSPS) is 11.1. The van der Waals surface area contributed by atoms with Gasteiger partial charge in [-0.15, -0.1) is 0 Å². The topological polar surface area (TPSA) is 91.9 Å². The van der Waals surface area contributed by atoms with Crippen LogP contribution in [0.2, 0.25) is 0 Å². The Bertz CT molecular complexity index is 1240. The summed E-state index contributed by atoms with van der Waals surface area (Å²) in [6.45, 7) is 6.96. The molecule has 8 nitrogen and oxygen atoms in total. The molecule has 0 aliphatic rings. The van der Waals surface area contributed by atoms with Crippen LogP contribution in [0, 0.1) is 0 Å². The van der Waals surface area contributed by atoms with Gasteiger partial charge < -0.3 is 25.0 Å². The Morgan fingerprint density at radius 1 is 0.921 bits per heavy atom. The van der Waals surface area contributed by atoms with E-state index in [0.29, 0.717) is 28.5 Å². The highest BCUT2D eigenvalue weighted by molar-refractivity contribution is 7.98. The Balaban J connectivity index is 1.83. The molecule has 3 amide bonds. The smallest absolute Gasteiger partial charge is 0.325 e. The number of methoxy groups -OCH3 is 1. The summed E-state index contributed by atoms with van der Waals surface area (Å²) in [6.07, 6.45) is 0. The molecule has 9 heteroatoms. The van der Waals surface area contributed by atoms with Crippen LogP contribution >= 0.6 is 11.9 Å². The van der Waals surface area contributed by atoms with Crippen molar-refractivity contribution in [1.29, 1.82) is 0 Å². The van der Waals surface area contributed by atoms with Gasteiger partial charge in [-0.05, 0) is 100 Å². The number of urea groups is 1. The van der Waals surface area contributed by atoms with E-state index in [4.69, 9.17) is 9.47 Å². The Labute approximate surface area is 229 Å². The van der Waals surface area contributed by atoms with E-state index in [0.717, 1.165) is 35.4 Å². The second-order valence-corrected chi connectivity index (χ2v) is 10.8. The van der Waals surface area contributed by atoms with E-state index >= 15 is 0 Å². The zero-order valence-electron chi connectivity index (χ0n) is 22.8. The molecule has 0 unspecified atom stereocenters. The molecule has 3 aromatic carbocycles. The van der Waals surface area contributed by atoms with Crippen LogP contribution in [0.25, 0.3) is 11.1 Å². The fourth-order valence-electron chi connectivity index (χ4n) is 3.43. The van der Waals surface area contributed by atoms with Crippen LogP contribution in [0.1, 0.15) is 31.1 Å². The number of ether oxygens (including phenoxy) is 2. The summed E-state index contributed by atoms with van der Waals surface area (Å²) in [5.74, 6) is 1.74. The van der Waals surface area contributed by atoms with Crippen molar-refractivity contribution in [1.82, 2.24) is 20.3 Å². The number of amides is 3. The van der Waals surface area contributed by atoms with Crippen LogP contribution in [0.5, 0.6) is 17.2 Å². The molecule has 202 valence electrons. The largest absolute Gasteiger partial charge is 0.497 e. The van der Waals surface area contributed by atoms with E-state index in [1.54, 1.807) is 25.3 Å². The zero-order valence-corrected chi connectivity index (χ0v) is 23.6. The molecule has 0 bridgehead atoms. The molecule has 3 rings (SSSR count). The molecular weight excluding hydrogens is 500 g/mol. The van der Waals surface area contributed by atoms with Crippen LogP contribution in [0.4, 0.5) is 4.79 Å². The minimum atomic E-state index is -0.389. The Kier molecular flexibility index (Phi) is 10.0. The minimum Gasteiger partial charge on any atom is -0.497 e. The number of nitrogens with zero attached hydrogens (tertiary/aromatic N) is 1. The molecule has 0 fully saturated rings. The van der Waals surface area contributed by atoms with Gasteiger partial charge in [-0.1, -0.05) is 24.3 Å². The number of nitrogens with one attached hydrogen (secondary N) is 3. The van der Waals surface area contributed by atoms with Gasteiger partial charge >= 0.3 is 6.03 Å². The van der Waals surface area contributed by atoms with Gasteiger partial charge in [0.25, 0.3) is 5.91 Å². The highest BCUT2D eigenvalue weighted by Gasteiger charge is 2.17. The predicted octanol–water partition coefficient (Wildman–Crippen LogP) is 5.55. The lowest BCUT2D eigenvalue weighted by Crippen LogP contribution is -2.44. The molecule has 3 aromatic rings. The number of hydrogen-bond acceptors (Lipinski definition) is 6. The van der Waals surface area contributed by atoms with Crippen molar-refractivity contribution >= 4 is 23.9 Å². The highest BCUT2D eigenvalue weighted by atomic mass is 32.2. The van der Waals surface area contributed by atoms with Crippen molar-refractivity contribution in [2.75, 3.05) is 34.3 Å². The van der Waals surface area contributed by atoms with E-state index in [1.807, 2.05) is 88.3 Å². The van der Waals surface area contributed by atoms with Crippen molar-refractivity contribution in [3.8, 4) is 28.4 Å². The van der Waals surface area contributed by atoms with E-state index < -0.39 is 0 Å². The summed E-state index contributed by atoms with van der Waals surface area (Å²) >= 11 is 1.09. The van der Waals surface area contributed by atoms with E-state index in [-0.39, 0.29) is 17.5 Å². The summed E-state index contributed by atoms with van der Waals surface area (Å²) in [6, 6.07) is 20.4. The van der Waals surface area contributed by atoms with Crippen molar-refractivity contribution in [3.05, 3.63) is 72.3 Å². The van der Waals surface area contributed by atoms with Gasteiger partial charge in [0.2, 0.25) is 0 Å². The standard InChI is InChI=1S/C29H36N4O4S/c1-29(2,3)31-28(35)32-38-26-19-22(27(34)30-16-17-33(4)5)12-15-25(26)37-24-9-7-8-21(18-24)20-10-13-23(36-6)14-11-20/h7-15,18-19H,16-17H2,1-6H3,(H,30,34)(H2,31,32,35). The highest BCUT2D eigenvalue weighted by Crippen LogP contribution is 2.34. The molecule has 3 N–H and O–H groups in total. The molecule has 0 radical (unpaired) electrons. The van der Waals surface area contributed by atoms with Gasteiger partial charge in [0.15, 0.2) is 0 Å². The van der Waals surface area contributed by atoms with Gasteiger partial charge in [-0.2, -0.15) is 0 Å². The van der Waals surface area contributed by atoms with Crippen molar-refractivity contribution in [2.24, 2.45) is 0 Å². The number of carbonyl (C=O) groups excluding carboxylic acids is 2. The lowest BCUT2D eigenvalue weighted by Gasteiger charge is -2.20. The molecule has 0 aliphatic heterocycles. The number of likely N-dealkylation sites (N-methyl/N-ethyl adjacent to an activating group) is 1. The van der Waals surface area contributed by atoms with Gasteiger partial charge in [0.1, 0.15) is 17.2 Å². The fourth-order valence-corrected chi connectivity index (χ4v) is 4.08.